The van der Waals surface area contributed by atoms with Gasteiger partial charge >= 0.3 is 5.97 Å². The molecule has 0 radical (unpaired) electrons. The van der Waals surface area contributed by atoms with Crippen molar-refractivity contribution in [3.8, 4) is 0 Å². The molecular formula is C23H28N2O5S. The predicted molar refractivity (Wildman–Crippen MR) is 121 cm³/mol. The van der Waals surface area contributed by atoms with E-state index in [4.69, 9.17) is 4.74 Å². The Hall–Kier alpha value is -2.87. The summed E-state index contributed by atoms with van der Waals surface area (Å²) in [6.07, 6.45) is 2.36. The molecule has 0 bridgehead atoms. The molecule has 1 heterocycles. The quantitative estimate of drug-likeness (QED) is 0.471. The molecule has 2 aromatic rings. The van der Waals surface area contributed by atoms with E-state index in [1.54, 1.807) is 42.5 Å². The summed E-state index contributed by atoms with van der Waals surface area (Å²) in [5.41, 5.74) is 1.61. The van der Waals surface area contributed by atoms with Crippen molar-refractivity contribution in [1.29, 1.82) is 0 Å². The van der Waals surface area contributed by atoms with Gasteiger partial charge in [-0.3, -0.25) is 4.79 Å². The summed E-state index contributed by atoms with van der Waals surface area (Å²) >= 11 is 0. The molecule has 1 N–H and O–H groups in total. The largest absolute Gasteiger partial charge is 0.452 e. The molecule has 3 rings (SSSR count). The first-order valence-corrected chi connectivity index (χ1v) is 12.3. The van der Waals surface area contributed by atoms with Gasteiger partial charge in [-0.1, -0.05) is 43.7 Å². The average Bonchev–Trinajstić information content (AvgIpc) is 3.12. The summed E-state index contributed by atoms with van der Waals surface area (Å²) in [6.45, 7) is 2.35. The summed E-state index contributed by atoms with van der Waals surface area (Å²) in [4.78, 5) is 27.1. The van der Waals surface area contributed by atoms with Crippen LogP contribution < -0.4 is 10.2 Å². The third-order valence-electron chi connectivity index (χ3n) is 5.20. The first kappa shape index (κ1) is 22.8. The van der Waals surface area contributed by atoms with Crippen molar-refractivity contribution >= 4 is 33.1 Å². The Balaban J connectivity index is 1.71. The molecular weight excluding hydrogens is 416 g/mol. The van der Waals surface area contributed by atoms with Crippen molar-refractivity contribution in [2.45, 2.75) is 32.2 Å². The van der Waals surface area contributed by atoms with Crippen LogP contribution in [0.5, 0.6) is 0 Å². The third-order valence-corrected chi connectivity index (χ3v) is 6.95. The number of hydrogen-bond acceptors (Lipinski definition) is 6. The summed E-state index contributed by atoms with van der Waals surface area (Å²) in [7, 11) is -3.18. The van der Waals surface area contributed by atoms with E-state index in [1.165, 1.54) is 4.90 Å². The number of rotatable bonds is 9. The maximum absolute atomic E-state index is 13.0. The van der Waals surface area contributed by atoms with Gasteiger partial charge in [-0.05, 0) is 37.1 Å². The Kier molecular flexibility index (Phi) is 7.68. The SMILES string of the molecule is CCCCNc1ccccc1C(=O)OCC(=O)N(c1ccccc1)C1CCS(=O)(=O)C1. The number of sulfone groups is 1. The van der Waals surface area contributed by atoms with Gasteiger partial charge in [0, 0.05) is 17.9 Å². The number of anilines is 2. The first-order chi connectivity index (χ1) is 14.9. The number of unbranched alkanes of at least 4 members (excludes halogenated alkanes) is 1. The molecule has 31 heavy (non-hydrogen) atoms. The third kappa shape index (κ3) is 6.07. The molecule has 1 atom stereocenters. The number of para-hydroxylation sites is 2. The van der Waals surface area contributed by atoms with E-state index < -0.39 is 34.4 Å². The van der Waals surface area contributed by atoms with Crippen molar-refractivity contribution < 1.29 is 22.7 Å². The number of benzene rings is 2. The van der Waals surface area contributed by atoms with Crippen LogP contribution in [0.4, 0.5) is 11.4 Å². The van der Waals surface area contributed by atoms with Gasteiger partial charge in [-0.2, -0.15) is 0 Å². The van der Waals surface area contributed by atoms with Crippen molar-refractivity contribution in [2.24, 2.45) is 0 Å². The zero-order chi connectivity index (χ0) is 22.3. The molecule has 0 saturated carbocycles. The van der Waals surface area contributed by atoms with Crippen LogP contribution in [0, 0.1) is 0 Å². The second-order valence-corrected chi connectivity index (χ2v) is 9.79. The van der Waals surface area contributed by atoms with Gasteiger partial charge < -0.3 is 15.0 Å². The molecule has 1 saturated heterocycles. The fourth-order valence-electron chi connectivity index (χ4n) is 3.62. The minimum atomic E-state index is -3.18. The van der Waals surface area contributed by atoms with Gasteiger partial charge in [0.1, 0.15) is 0 Å². The van der Waals surface area contributed by atoms with E-state index in [0.717, 1.165) is 19.4 Å². The van der Waals surface area contributed by atoms with Crippen LogP contribution in [0.25, 0.3) is 0 Å². The lowest BCUT2D eigenvalue weighted by Gasteiger charge is -2.28. The van der Waals surface area contributed by atoms with Crippen molar-refractivity contribution in [1.82, 2.24) is 0 Å². The van der Waals surface area contributed by atoms with Crippen LogP contribution >= 0.6 is 0 Å². The van der Waals surface area contributed by atoms with Crippen LogP contribution in [-0.2, 0) is 19.4 Å². The van der Waals surface area contributed by atoms with Gasteiger partial charge in [0.2, 0.25) is 0 Å². The van der Waals surface area contributed by atoms with Gasteiger partial charge in [0.15, 0.2) is 16.4 Å². The molecule has 1 aliphatic heterocycles. The highest BCUT2D eigenvalue weighted by Crippen LogP contribution is 2.25. The molecule has 1 amide bonds. The van der Waals surface area contributed by atoms with E-state index in [9.17, 15) is 18.0 Å². The lowest BCUT2D eigenvalue weighted by Crippen LogP contribution is -2.43. The summed E-state index contributed by atoms with van der Waals surface area (Å²) in [6, 6.07) is 15.4. The highest BCUT2D eigenvalue weighted by molar-refractivity contribution is 7.91. The standard InChI is InChI=1S/C23H28N2O5S/c1-2-3-14-24-21-12-8-7-11-20(21)23(27)30-16-22(26)25(18-9-5-4-6-10-18)19-13-15-31(28,29)17-19/h4-12,19,24H,2-3,13-17H2,1H3. The van der Waals surface area contributed by atoms with Crippen LogP contribution in [0.15, 0.2) is 54.6 Å². The Morgan fingerprint density at radius 3 is 2.48 bits per heavy atom. The normalized spacial score (nSPS) is 17.1. The lowest BCUT2D eigenvalue weighted by molar-refractivity contribution is -0.122. The van der Waals surface area contributed by atoms with Crippen LogP contribution in [0.2, 0.25) is 0 Å². The van der Waals surface area contributed by atoms with Gasteiger partial charge in [0.05, 0.1) is 23.1 Å². The topological polar surface area (TPSA) is 92.8 Å². The van der Waals surface area contributed by atoms with Crippen LogP contribution in [-0.4, -0.2) is 51.0 Å². The van der Waals surface area contributed by atoms with E-state index in [-0.39, 0.29) is 11.5 Å². The number of nitrogens with one attached hydrogen (secondary N) is 1. The monoisotopic (exact) mass is 444 g/mol. The number of amides is 1. The van der Waals surface area contributed by atoms with Gasteiger partial charge in [-0.15, -0.1) is 0 Å². The highest BCUT2D eigenvalue weighted by Gasteiger charge is 2.35. The molecule has 1 unspecified atom stereocenters. The second-order valence-electron chi connectivity index (χ2n) is 7.56. The lowest BCUT2D eigenvalue weighted by atomic mass is 10.1. The Morgan fingerprint density at radius 1 is 1.10 bits per heavy atom. The van der Waals surface area contributed by atoms with Crippen LogP contribution in [0.1, 0.15) is 36.5 Å². The fourth-order valence-corrected chi connectivity index (χ4v) is 5.32. The molecule has 0 spiro atoms. The van der Waals surface area contributed by atoms with E-state index >= 15 is 0 Å². The maximum atomic E-state index is 13.0. The first-order valence-electron chi connectivity index (χ1n) is 10.5. The molecule has 7 nitrogen and oxygen atoms in total. The van der Waals surface area contributed by atoms with Crippen molar-refractivity contribution in [3.63, 3.8) is 0 Å². The second kappa shape index (κ2) is 10.4. The number of hydrogen-bond donors (Lipinski definition) is 1. The number of esters is 1. The molecule has 1 aliphatic rings. The highest BCUT2D eigenvalue weighted by atomic mass is 32.2. The smallest absolute Gasteiger partial charge is 0.340 e. The molecule has 166 valence electrons. The van der Waals surface area contributed by atoms with Crippen molar-refractivity contribution in [3.05, 3.63) is 60.2 Å². The number of carbonyl (C=O) groups excluding carboxylic acids is 2. The Bertz CT molecular complexity index is 1010. The number of carbonyl (C=O) groups is 2. The van der Waals surface area contributed by atoms with E-state index in [2.05, 4.69) is 12.2 Å². The molecule has 1 fully saturated rings. The summed E-state index contributed by atoms with van der Waals surface area (Å²) < 4.78 is 29.3. The maximum Gasteiger partial charge on any atom is 0.340 e. The summed E-state index contributed by atoms with van der Waals surface area (Å²) in [5, 5.41) is 3.22. The zero-order valence-electron chi connectivity index (χ0n) is 17.6. The fraction of sp³-hybridized carbons (Fsp3) is 0.391. The minimum absolute atomic E-state index is 0.0465. The van der Waals surface area contributed by atoms with Gasteiger partial charge in [0.25, 0.3) is 5.91 Å². The van der Waals surface area contributed by atoms with Crippen molar-refractivity contribution in [2.75, 3.05) is 34.9 Å². The Morgan fingerprint density at radius 2 is 1.81 bits per heavy atom. The Labute approximate surface area is 183 Å². The molecule has 8 heteroatoms. The summed E-state index contributed by atoms with van der Waals surface area (Å²) in [5.74, 6) is -1.09. The van der Waals surface area contributed by atoms with Crippen LogP contribution in [0.3, 0.4) is 0 Å². The molecule has 2 aromatic carbocycles. The number of nitrogens with zero attached hydrogens (tertiary/aromatic N) is 1. The minimum Gasteiger partial charge on any atom is -0.452 e. The molecule has 0 aliphatic carbocycles. The predicted octanol–water partition coefficient (Wildman–Crippen LogP) is 3.28. The average molecular weight is 445 g/mol. The molecule has 0 aromatic heterocycles. The van der Waals surface area contributed by atoms with E-state index in [1.807, 2.05) is 12.1 Å². The number of ether oxygens (including phenoxy) is 1. The zero-order valence-corrected chi connectivity index (χ0v) is 18.4. The van der Waals surface area contributed by atoms with E-state index in [0.29, 0.717) is 23.4 Å². The van der Waals surface area contributed by atoms with Gasteiger partial charge in [-0.25, -0.2) is 13.2 Å².